The molecule has 0 spiro atoms. The summed E-state index contributed by atoms with van der Waals surface area (Å²) in [6.45, 7) is 5.53. The van der Waals surface area contributed by atoms with Crippen molar-refractivity contribution in [2.24, 2.45) is 0 Å². The summed E-state index contributed by atoms with van der Waals surface area (Å²) in [6, 6.07) is 11.2. The van der Waals surface area contributed by atoms with Crippen LogP contribution >= 0.6 is 34.8 Å². The Morgan fingerprint density at radius 1 is 1.07 bits per heavy atom. The molecule has 0 fully saturated rings. The van der Waals surface area contributed by atoms with Gasteiger partial charge < -0.3 is 15.0 Å². The summed E-state index contributed by atoms with van der Waals surface area (Å²) in [4.78, 5) is 27.1. The SMILES string of the molecule is CC[C@@H](C)NC(=O)[C@H](C)N(Cc1cccc(Cl)c1)C(=O)COc1ccc(Cl)cc1Cl. The van der Waals surface area contributed by atoms with Gasteiger partial charge in [-0.2, -0.15) is 0 Å². The highest BCUT2D eigenvalue weighted by Gasteiger charge is 2.27. The van der Waals surface area contributed by atoms with Crippen LogP contribution in [0.3, 0.4) is 0 Å². The third-order valence-electron chi connectivity index (χ3n) is 4.66. The summed E-state index contributed by atoms with van der Waals surface area (Å²) in [7, 11) is 0. The van der Waals surface area contributed by atoms with E-state index in [0.29, 0.717) is 20.8 Å². The minimum atomic E-state index is -0.699. The smallest absolute Gasteiger partial charge is 0.261 e. The number of benzene rings is 2. The maximum atomic E-state index is 13.0. The Hall–Kier alpha value is -1.95. The zero-order valence-corrected chi connectivity index (χ0v) is 19.4. The van der Waals surface area contributed by atoms with Crippen LogP contribution in [0.2, 0.25) is 15.1 Å². The highest BCUT2D eigenvalue weighted by atomic mass is 35.5. The van der Waals surface area contributed by atoms with E-state index in [1.165, 1.54) is 11.0 Å². The molecule has 30 heavy (non-hydrogen) atoms. The van der Waals surface area contributed by atoms with Gasteiger partial charge in [0.25, 0.3) is 5.91 Å². The number of rotatable bonds is 9. The van der Waals surface area contributed by atoms with Crippen LogP contribution < -0.4 is 10.1 Å². The molecule has 0 aliphatic rings. The molecule has 2 rings (SSSR count). The maximum absolute atomic E-state index is 13.0. The molecule has 8 heteroatoms. The van der Waals surface area contributed by atoms with Crippen molar-refractivity contribution in [2.75, 3.05) is 6.61 Å². The molecule has 2 aromatic rings. The second kappa shape index (κ2) is 11.4. The van der Waals surface area contributed by atoms with Crippen molar-refractivity contribution in [3.8, 4) is 5.75 Å². The summed E-state index contributed by atoms with van der Waals surface area (Å²) >= 11 is 18.1. The summed E-state index contributed by atoms with van der Waals surface area (Å²) in [6.07, 6.45) is 0.791. The van der Waals surface area contributed by atoms with Crippen LogP contribution in [0.1, 0.15) is 32.8 Å². The van der Waals surface area contributed by atoms with E-state index in [4.69, 9.17) is 39.5 Å². The van der Waals surface area contributed by atoms with E-state index in [9.17, 15) is 9.59 Å². The average Bonchev–Trinajstić information content (AvgIpc) is 2.70. The first-order valence-electron chi connectivity index (χ1n) is 9.63. The fourth-order valence-electron chi connectivity index (χ4n) is 2.69. The minimum absolute atomic E-state index is 0.00666. The molecular weight excluding hydrogens is 447 g/mol. The van der Waals surface area contributed by atoms with Crippen molar-refractivity contribution >= 4 is 46.6 Å². The van der Waals surface area contributed by atoms with E-state index in [-0.39, 0.29) is 31.0 Å². The van der Waals surface area contributed by atoms with E-state index < -0.39 is 6.04 Å². The van der Waals surface area contributed by atoms with Crippen molar-refractivity contribution in [1.29, 1.82) is 0 Å². The number of ether oxygens (including phenoxy) is 1. The number of amides is 2. The fraction of sp³-hybridized carbons (Fsp3) is 0.364. The van der Waals surface area contributed by atoms with Gasteiger partial charge in [0, 0.05) is 22.6 Å². The summed E-state index contributed by atoms with van der Waals surface area (Å²) < 4.78 is 5.59. The van der Waals surface area contributed by atoms with E-state index in [1.807, 2.05) is 19.9 Å². The normalized spacial score (nSPS) is 12.7. The monoisotopic (exact) mass is 470 g/mol. The molecule has 0 aliphatic carbocycles. The lowest BCUT2D eigenvalue weighted by molar-refractivity contribution is -0.142. The number of nitrogens with one attached hydrogen (secondary N) is 1. The van der Waals surface area contributed by atoms with Crippen LogP contribution in [0.4, 0.5) is 0 Å². The van der Waals surface area contributed by atoms with Crippen LogP contribution in [0.5, 0.6) is 5.75 Å². The van der Waals surface area contributed by atoms with Gasteiger partial charge in [0.05, 0.1) is 5.02 Å². The van der Waals surface area contributed by atoms with Crippen LogP contribution in [-0.4, -0.2) is 35.4 Å². The zero-order valence-electron chi connectivity index (χ0n) is 17.1. The standard InChI is InChI=1S/C22H25Cl3N2O3/c1-4-14(2)26-22(29)15(3)27(12-16-6-5-7-17(23)10-16)21(28)13-30-20-9-8-18(24)11-19(20)25/h5-11,14-15H,4,12-13H2,1-3H3,(H,26,29)/t14-,15+/m1/s1. The first-order chi connectivity index (χ1) is 14.2. The molecule has 0 saturated heterocycles. The number of halogens is 3. The minimum Gasteiger partial charge on any atom is -0.482 e. The molecule has 2 atom stereocenters. The van der Waals surface area contributed by atoms with E-state index in [2.05, 4.69) is 5.32 Å². The predicted octanol–water partition coefficient (Wildman–Crippen LogP) is 5.36. The number of nitrogens with zero attached hydrogens (tertiary/aromatic N) is 1. The lowest BCUT2D eigenvalue weighted by Crippen LogP contribution is -2.50. The van der Waals surface area contributed by atoms with Crippen LogP contribution in [0, 0.1) is 0 Å². The van der Waals surface area contributed by atoms with Gasteiger partial charge in [-0.15, -0.1) is 0 Å². The predicted molar refractivity (Wildman–Crippen MR) is 121 cm³/mol. The van der Waals surface area contributed by atoms with Gasteiger partial charge in [0.1, 0.15) is 11.8 Å². The molecule has 5 nitrogen and oxygen atoms in total. The van der Waals surface area contributed by atoms with Crippen molar-refractivity contribution in [1.82, 2.24) is 10.2 Å². The van der Waals surface area contributed by atoms with Crippen LogP contribution in [-0.2, 0) is 16.1 Å². The van der Waals surface area contributed by atoms with Crippen LogP contribution in [0.15, 0.2) is 42.5 Å². The van der Waals surface area contributed by atoms with Gasteiger partial charge in [-0.05, 0) is 56.2 Å². The van der Waals surface area contributed by atoms with Gasteiger partial charge in [-0.25, -0.2) is 0 Å². The number of hydrogen-bond acceptors (Lipinski definition) is 3. The molecule has 162 valence electrons. The van der Waals surface area contributed by atoms with Gasteiger partial charge in [0.15, 0.2) is 6.61 Å². The van der Waals surface area contributed by atoms with Crippen LogP contribution in [0.25, 0.3) is 0 Å². The van der Waals surface area contributed by atoms with E-state index in [0.717, 1.165) is 12.0 Å². The van der Waals surface area contributed by atoms with Crippen molar-refractivity contribution in [2.45, 2.75) is 45.8 Å². The third-order valence-corrected chi connectivity index (χ3v) is 5.42. The van der Waals surface area contributed by atoms with Gasteiger partial charge in [0.2, 0.25) is 5.91 Å². The quantitative estimate of drug-likeness (QED) is 0.536. The molecule has 0 unspecified atom stereocenters. The number of carbonyl (C=O) groups is 2. The van der Waals surface area contributed by atoms with Gasteiger partial charge in [-0.3, -0.25) is 9.59 Å². The molecule has 1 N–H and O–H groups in total. The highest BCUT2D eigenvalue weighted by molar-refractivity contribution is 6.35. The largest absolute Gasteiger partial charge is 0.482 e. The molecule has 0 bridgehead atoms. The third kappa shape index (κ3) is 7.08. The van der Waals surface area contributed by atoms with Crippen molar-refractivity contribution < 1.29 is 14.3 Å². The molecule has 0 saturated carbocycles. The number of hydrogen-bond donors (Lipinski definition) is 1. The first kappa shape index (κ1) is 24.3. The zero-order chi connectivity index (χ0) is 22.3. The summed E-state index contributed by atoms with van der Waals surface area (Å²) in [5.41, 5.74) is 0.809. The van der Waals surface area contributed by atoms with Crippen molar-refractivity contribution in [3.63, 3.8) is 0 Å². The molecule has 0 heterocycles. The molecule has 0 radical (unpaired) electrons. The molecule has 2 aromatic carbocycles. The highest BCUT2D eigenvalue weighted by Crippen LogP contribution is 2.27. The Morgan fingerprint density at radius 3 is 2.40 bits per heavy atom. The summed E-state index contributed by atoms with van der Waals surface area (Å²) in [5.74, 6) is -0.245. The van der Waals surface area contributed by atoms with Gasteiger partial charge >= 0.3 is 0 Å². The Labute approximate surface area is 192 Å². The summed E-state index contributed by atoms with van der Waals surface area (Å²) in [5, 5.41) is 4.25. The van der Waals surface area contributed by atoms with Gasteiger partial charge in [-0.1, -0.05) is 53.9 Å². The molecule has 2 amide bonds. The maximum Gasteiger partial charge on any atom is 0.261 e. The lowest BCUT2D eigenvalue weighted by Gasteiger charge is -2.29. The fourth-order valence-corrected chi connectivity index (χ4v) is 3.37. The molecule has 0 aliphatic heterocycles. The first-order valence-corrected chi connectivity index (χ1v) is 10.8. The second-order valence-corrected chi connectivity index (χ2v) is 8.29. The second-order valence-electron chi connectivity index (χ2n) is 7.01. The Morgan fingerprint density at radius 2 is 1.77 bits per heavy atom. The Bertz CT molecular complexity index is 892. The topological polar surface area (TPSA) is 58.6 Å². The molecule has 0 aromatic heterocycles. The molecular formula is C22H25Cl3N2O3. The lowest BCUT2D eigenvalue weighted by atomic mass is 10.1. The number of carbonyl (C=O) groups excluding carboxylic acids is 2. The average molecular weight is 472 g/mol. The Kier molecular flexibility index (Phi) is 9.28. The Balaban J connectivity index is 2.18. The van der Waals surface area contributed by atoms with E-state index >= 15 is 0 Å². The van der Waals surface area contributed by atoms with E-state index in [1.54, 1.807) is 37.3 Å². The van der Waals surface area contributed by atoms with Crippen molar-refractivity contribution in [3.05, 3.63) is 63.1 Å².